The predicted octanol–water partition coefficient (Wildman–Crippen LogP) is 1.88. The number of ether oxygens (including phenoxy) is 1. The molecule has 0 spiro atoms. The number of morpholine rings is 1. The van der Waals surface area contributed by atoms with Gasteiger partial charge in [-0.05, 0) is 25.0 Å². The number of anilines is 2. The van der Waals surface area contributed by atoms with Gasteiger partial charge in [-0.3, -0.25) is 0 Å². The lowest BCUT2D eigenvalue weighted by Crippen LogP contribution is -2.38. The number of benzene rings is 1. The molecule has 4 rings (SSSR count). The van der Waals surface area contributed by atoms with E-state index in [0.29, 0.717) is 0 Å². The lowest BCUT2D eigenvalue weighted by molar-refractivity contribution is -0.111. The molecular formula is C18H22N4O2. The summed E-state index contributed by atoms with van der Waals surface area (Å²) in [6, 6.07) is 6.22. The SMILES string of the molecule is O=CC1CCCN(c2ncnc3cccc(N4CCOCC4)c23)C1. The van der Waals surface area contributed by atoms with Crippen molar-refractivity contribution in [3.05, 3.63) is 24.5 Å². The van der Waals surface area contributed by atoms with Crippen molar-refractivity contribution in [1.29, 1.82) is 0 Å². The third-order valence-electron chi connectivity index (χ3n) is 4.92. The van der Waals surface area contributed by atoms with Crippen molar-refractivity contribution in [2.45, 2.75) is 12.8 Å². The first-order valence-corrected chi connectivity index (χ1v) is 8.63. The summed E-state index contributed by atoms with van der Waals surface area (Å²) in [5.41, 5.74) is 2.12. The molecule has 24 heavy (non-hydrogen) atoms. The fourth-order valence-electron chi connectivity index (χ4n) is 3.70. The van der Waals surface area contributed by atoms with E-state index in [1.165, 1.54) is 5.69 Å². The lowest BCUT2D eigenvalue weighted by atomic mass is 9.99. The Hall–Kier alpha value is -2.21. The zero-order valence-electron chi connectivity index (χ0n) is 13.7. The second-order valence-electron chi connectivity index (χ2n) is 6.45. The summed E-state index contributed by atoms with van der Waals surface area (Å²) >= 11 is 0. The second kappa shape index (κ2) is 6.73. The topological polar surface area (TPSA) is 58.6 Å². The molecule has 126 valence electrons. The lowest BCUT2D eigenvalue weighted by Gasteiger charge is -2.34. The maximum atomic E-state index is 11.2. The van der Waals surface area contributed by atoms with E-state index in [2.05, 4.69) is 25.8 Å². The van der Waals surface area contributed by atoms with Crippen LogP contribution in [0.15, 0.2) is 24.5 Å². The first kappa shape index (κ1) is 15.3. The summed E-state index contributed by atoms with van der Waals surface area (Å²) in [6.45, 7) is 4.93. The van der Waals surface area contributed by atoms with Crippen LogP contribution >= 0.6 is 0 Å². The Bertz CT molecular complexity index is 725. The maximum absolute atomic E-state index is 11.2. The van der Waals surface area contributed by atoms with Gasteiger partial charge >= 0.3 is 0 Å². The highest BCUT2D eigenvalue weighted by molar-refractivity contribution is 6.00. The molecule has 6 heteroatoms. The van der Waals surface area contributed by atoms with Gasteiger partial charge in [0.05, 0.1) is 29.8 Å². The third kappa shape index (κ3) is 2.82. The van der Waals surface area contributed by atoms with E-state index in [1.54, 1.807) is 6.33 Å². The fourth-order valence-corrected chi connectivity index (χ4v) is 3.70. The van der Waals surface area contributed by atoms with Crippen LogP contribution in [0.25, 0.3) is 10.9 Å². The van der Waals surface area contributed by atoms with E-state index in [1.807, 2.05) is 12.1 Å². The number of aldehydes is 1. The van der Waals surface area contributed by atoms with Gasteiger partial charge in [0.15, 0.2) is 0 Å². The summed E-state index contributed by atoms with van der Waals surface area (Å²) in [4.78, 5) is 24.9. The Morgan fingerprint density at radius 2 is 2.00 bits per heavy atom. The van der Waals surface area contributed by atoms with E-state index in [4.69, 9.17) is 4.74 Å². The van der Waals surface area contributed by atoms with E-state index in [9.17, 15) is 4.79 Å². The standard InChI is InChI=1S/C18H22N4O2/c23-12-14-3-2-6-22(11-14)18-17-15(19-13-20-18)4-1-5-16(17)21-7-9-24-10-8-21/h1,4-5,12-14H,2-3,6-11H2. The number of hydrogen-bond donors (Lipinski definition) is 0. The van der Waals surface area contributed by atoms with Crippen LogP contribution in [0.4, 0.5) is 11.5 Å². The maximum Gasteiger partial charge on any atom is 0.142 e. The normalized spacial score (nSPS) is 21.9. The average molecular weight is 326 g/mol. The molecule has 0 bridgehead atoms. The highest BCUT2D eigenvalue weighted by Gasteiger charge is 2.24. The summed E-state index contributed by atoms with van der Waals surface area (Å²) in [5, 5.41) is 1.09. The number of rotatable bonds is 3. The molecule has 2 fully saturated rings. The fraction of sp³-hybridized carbons (Fsp3) is 0.500. The van der Waals surface area contributed by atoms with Crippen molar-refractivity contribution < 1.29 is 9.53 Å². The predicted molar refractivity (Wildman–Crippen MR) is 93.6 cm³/mol. The molecular weight excluding hydrogens is 304 g/mol. The average Bonchev–Trinajstić information content (AvgIpc) is 2.68. The second-order valence-corrected chi connectivity index (χ2v) is 6.45. The number of aromatic nitrogens is 2. The van der Waals surface area contributed by atoms with Gasteiger partial charge in [0.1, 0.15) is 18.4 Å². The minimum Gasteiger partial charge on any atom is -0.378 e. The third-order valence-corrected chi connectivity index (χ3v) is 4.92. The Kier molecular flexibility index (Phi) is 4.30. The summed E-state index contributed by atoms with van der Waals surface area (Å²) in [7, 11) is 0. The number of fused-ring (bicyclic) bond motifs is 1. The summed E-state index contributed by atoms with van der Waals surface area (Å²) < 4.78 is 5.49. The van der Waals surface area contributed by atoms with Gasteiger partial charge in [-0.15, -0.1) is 0 Å². The first-order chi connectivity index (χ1) is 11.9. The summed E-state index contributed by atoms with van der Waals surface area (Å²) in [5.74, 6) is 1.05. The molecule has 0 saturated carbocycles. The van der Waals surface area contributed by atoms with Crippen molar-refractivity contribution >= 4 is 28.7 Å². The molecule has 1 atom stereocenters. The Labute approximate surface area is 141 Å². The van der Waals surface area contributed by atoms with Crippen LogP contribution in [0.5, 0.6) is 0 Å². The number of nitrogens with zero attached hydrogens (tertiary/aromatic N) is 4. The molecule has 0 aliphatic carbocycles. The molecule has 2 saturated heterocycles. The molecule has 0 amide bonds. The van der Waals surface area contributed by atoms with Gasteiger partial charge in [-0.25, -0.2) is 9.97 Å². The van der Waals surface area contributed by atoms with Crippen molar-refractivity contribution in [2.24, 2.45) is 5.92 Å². The van der Waals surface area contributed by atoms with Gasteiger partial charge in [-0.1, -0.05) is 6.07 Å². The molecule has 1 aromatic heterocycles. The van der Waals surface area contributed by atoms with Crippen LogP contribution in [0.2, 0.25) is 0 Å². The van der Waals surface area contributed by atoms with Gasteiger partial charge in [0.2, 0.25) is 0 Å². The highest BCUT2D eigenvalue weighted by Crippen LogP contribution is 2.34. The Morgan fingerprint density at radius 3 is 2.83 bits per heavy atom. The largest absolute Gasteiger partial charge is 0.378 e. The molecule has 2 aliphatic heterocycles. The Morgan fingerprint density at radius 1 is 1.12 bits per heavy atom. The quantitative estimate of drug-likeness (QED) is 0.803. The Balaban J connectivity index is 1.78. The van der Waals surface area contributed by atoms with Gasteiger partial charge in [0, 0.05) is 32.1 Å². The molecule has 3 heterocycles. The van der Waals surface area contributed by atoms with Crippen LogP contribution < -0.4 is 9.80 Å². The van der Waals surface area contributed by atoms with Crippen LogP contribution in [0.3, 0.4) is 0 Å². The van der Waals surface area contributed by atoms with Crippen LogP contribution in [-0.4, -0.2) is 55.6 Å². The van der Waals surface area contributed by atoms with E-state index >= 15 is 0 Å². The van der Waals surface area contributed by atoms with Crippen LogP contribution in [0.1, 0.15) is 12.8 Å². The van der Waals surface area contributed by atoms with Crippen molar-refractivity contribution in [1.82, 2.24) is 9.97 Å². The van der Waals surface area contributed by atoms with E-state index < -0.39 is 0 Å². The molecule has 2 aromatic rings. The van der Waals surface area contributed by atoms with Crippen molar-refractivity contribution in [2.75, 3.05) is 49.2 Å². The highest BCUT2D eigenvalue weighted by atomic mass is 16.5. The number of hydrogen-bond acceptors (Lipinski definition) is 6. The molecule has 0 radical (unpaired) electrons. The zero-order valence-corrected chi connectivity index (χ0v) is 13.7. The van der Waals surface area contributed by atoms with E-state index in [0.717, 1.165) is 75.2 Å². The van der Waals surface area contributed by atoms with Crippen molar-refractivity contribution in [3.8, 4) is 0 Å². The minimum atomic E-state index is 0.0966. The van der Waals surface area contributed by atoms with Crippen LogP contribution in [0, 0.1) is 5.92 Å². The van der Waals surface area contributed by atoms with Gasteiger partial charge < -0.3 is 19.3 Å². The molecule has 1 aromatic carbocycles. The van der Waals surface area contributed by atoms with E-state index in [-0.39, 0.29) is 5.92 Å². The smallest absolute Gasteiger partial charge is 0.142 e. The summed E-state index contributed by atoms with van der Waals surface area (Å²) in [6.07, 6.45) is 4.71. The van der Waals surface area contributed by atoms with Gasteiger partial charge in [0.25, 0.3) is 0 Å². The number of carbonyl (C=O) groups excluding carboxylic acids is 1. The molecule has 1 unspecified atom stereocenters. The molecule has 0 N–H and O–H groups in total. The first-order valence-electron chi connectivity index (χ1n) is 8.63. The number of carbonyl (C=O) groups is 1. The molecule has 2 aliphatic rings. The van der Waals surface area contributed by atoms with Gasteiger partial charge in [-0.2, -0.15) is 0 Å². The number of piperidine rings is 1. The monoisotopic (exact) mass is 326 g/mol. The van der Waals surface area contributed by atoms with Crippen LogP contribution in [-0.2, 0) is 9.53 Å². The molecule has 6 nitrogen and oxygen atoms in total. The van der Waals surface area contributed by atoms with Crippen molar-refractivity contribution in [3.63, 3.8) is 0 Å². The zero-order chi connectivity index (χ0) is 16.4. The minimum absolute atomic E-state index is 0.0966.